The third kappa shape index (κ3) is 3.35. The first-order valence-corrected chi connectivity index (χ1v) is 8.46. The van der Waals surface area contributed by atoms with Gasteiger partial charge < -0.3 is 5.32 Å². The fourth-order valence-electron chi connectivity index (χ4n) is 2.42. The Morgan fingerprint density at radius 3 is 2.76 bits per heavy atom. The molecule has 0 amide bonds. The molecule has 0 saturated heterocycles. The van der Waals surface area contributed by atoms with Gasteiger partial charge >= 0.3 is 0 Å². The van der Waals surface area contributed by atoms with Crippen LogP contribution in [-0.2, 0) is 19.4 Å². The van der Waals surface area contributed by atoms with Gasteiger partial charge in [-0.3, -0.25) is 0 Å². The lowest BCUT2D eigenvalue weighted by molar-refractivity contribution is 0.671. The minimum Gasteiger partial charge on any atom is -0.310 e. The molecule has 0 aliphatic heterocycles. The van der Waals surface area contributed by atoms with Crippen LogP contribution in [0.2, 0.25) is 0 Å². The van der Waals surface area contributed by atoms with Crippen molar-refractivity contribution < 1.29 is 0 Å². The summed E-state index contributed by atoms with van der Waals surface area (Å²) in [6.07, 6.45) is 6.34. The van der Waals surface area contributed by atoms with Gasteiger partial charge in [-0.15, -0.1) is 0 Å². The maximum Gasteiger partial charge on any atom is 0.158 e. The second-order valence-electron chi connectivity index (χ2n) is 5.54. The first kappa shape index (κ1) is 14.7. The van der Waals surface area contributed by atoms with Crippen LogP contribution in [0, 0.1) is 0 Å². The summed E-state index contributed by atoms with van der Waals surface area (Å²) >= 11 is 3.53. The SMILES string of the molecule is CCc1cc(CC)n(-c2ncc(Br)cc2CNC2CC2)n1. The number of pyridine rings is 1. The molecule has 0 unspecified atom stereocenters. The minimum atomic E-state index is 0.686. The summed E-state index contributed by atoms with van der Waals surface area (Å²) in [6, 6.07) is 5.01. The topological polar surface area (TPSA) is 42.7 Å². The van der Waals surface area contributed by atoms with E-state index in [2.05, 4.69) is 52.2 Å². The molecule has 112 valence electrons. The number of halogens is 1. The highest BCUT2D eigenvalue weighted by atomic mass is 79.9. The molecule has 1 N–H and O–H groups in total. The van der Waals surface area contributed by atoms with Crippen molar-refractivity contribution in [2.75, 3.05) is 0 Å². The van der Waals surface area contributed by atoms with E-state index in [4.69, 9.17) is 5.10 Å². The molecular weight excluding hydrogens is 328 g/mol. The molecule has 3 rings (SSSR count). The number of nitrogens with zero attached hydrogens (tertiary/aromatic N) is 3. The summed E-state index contributed by atoms with van der Waals surface area (Å²) in [6.45, 7) is 5.14. The molecule has 2 aromatic heterocycles. The van der Waals surface area contributed by atoms with E-state index in [0.29, 0.717) is 6.04 Å². The van der Waals surface area contributed by atoms with Crippen molar-refractivity contribution in [3.05, 3.63) is 39.8 Å². The van der Waals surface area contributed by atoms with Crippen LogP contribution in [-0.4, -0.2) is 20.8 Å². The predicted octanol–water partition coefficient (Wildman–Crippen LogP) is 3.41. The average Bonchev–Trinajstić information content (AvgIpc) is 3.23. The van der Waals surface area contributed by atoms with Crippen LogP contribution in [0.1, 0.15) is 43.6 Å². The molecule has 0 aromatic carbocycles. The smallest absolute Gasteiger partial charge is 0.158 e. The van der Waals surface area contributed by atoms with E-state index in [-0.39, 0.29) is 0 Å². The van der Waals surface area contributed by atoms with Gasteiger partial charge in [-0.2, -0.15) is 5.10 Å². The van der Waals surface area contributed by atoms with Crippen LogP contribution in [0.15, 0.2) is 22.8 Å². The standard InChI is InChI=1S/C16H21BrN4/c1-3-13-8-15(4-2)21(20-13)16-11(7-12(17)10-19-16)9-18-14-5-6-14/h7-8,10,14,18H,3-6,9H2,1-2H3. The Balaban J connectivity index is 1.97. The van der Waals surface area contributed by atoms with E-state index >= 15 is 0 Å². The fraction of sp³-hybridized carbons (Fsp3) is 0.500. The van der Waals surface area contributed by atoms with E-state index in [0.717, 1.165) is 35.4 Å². The monoisotopic (exact) mass is 348 g/mol. The molecule has 1 aliphatic rings. The zero-order chi connectivity index (χ0) is 14.8. The van der Waals surface area contributed by atoms with Gasteiger partial charge in [0.2, 0.25) is 0 Å². The molecule has 1 aliphatic carbocycles. The summed E-state index contributed by atoms with van der Waals surface area (Å²) in [4.78, 5) is 4.62. The Morgan fingerprint density at radius 2 is 2.10 bits per heavy atom. The number of nitrogens with one attached hydrogen (secondary N) is 1. The molecule has 0 spiro atoms. The number of aromatic nitrogens is 3. The molecule has 2 heterocycles. The van der Waals surface area contributed by atoms with Gasteiger partial charge in [0.1, 0.15) is 0 Å². The van der Waals surface area contributed by atoms with Gasteiger partial charge in [-0.05, 0) is 53.7 Å². The molecule has 1 saturated carbocycles. The number of hydrogen-bond donors (Lipinski definition) is 1. The van der Waals surface area contributed by atoms with Gasteiger partial charge in [-0.25, -0.2) is 9.67 Å². The molecular formula is C16H21BrN4. The first-order chi connectivity index (χ1) is 10.2. The first-order valence-electron chi connectivity index (χ1n) is 7.67. The predicted molar refractivity (Wildman–Crippen MR) is 87.7 cm³/mol. The van der Waals surface area contributed by atoms with E-state index in [1.54, 1.807) is 0 Å². The van der Waals surface area contributed by atoms with Crippen molar-refractivity contribution in [3.8, 4) is 5.82 Å². The van der Waals surface area contributed by atoms with Crippen LogP contribution in [0.5, 0.6) is 0 Å². The van der Waals surface area contributed by atoms with Crippen molar-refractivity contribution in [2.24, 2.45) is 0 Å². The average molecular weight is 349 g/mol. The lowest BCUT2D eigenvalue weighted by Gasteiger charge is -2.12. The second-order valence-corrected chi connectivity index (χ2v) is 6.45. The van der Waals surface area contributed by atoms with Crippen LogP contribution >= 0.6 is 15.9 Å². The van der Waals surface area contributed by atoms with E-state index in [1.807, 2.05) is 10.9 Å². The fourth-order valence-corrected chi connectivity index (χ4v) is 2.80. The maximum absolute atomic E-state index is 4.71. The van der Waals surface area contributed by atoms with E-state index in [1.165, 1.54) is 24.1 Å². The third-order valence-corrected chi connectivity index (χ3v) is 4.26. The largest absolute Gasteiger partial charge is 0.310 e. The lowest BCUT2D eigenvalue weighted by atomic mass is 10.2. The van der Waals surface area contributed by atoms with E-state index in [9.17, 15) is 0 Å². The zero-order valence-electron chi connectivity index (χ0n) is 12.6. The summed E-state index contributed by atoms with van der Waals surface area (Å²) in [7, 11) is 0. The number of rotatable bonds is 6. The Labute approximate surface area is 134 Å². The Morgan fingerprint density at radius 1 is 1.29 bits per heavy atom. The second kappa shape index (κ2) is 6.28. The van der Waals surface area contributed by atoms with Crippen molar-refractivity contribution in [1.29, 1.82) is 0 Å². The van der Waals surface area contributed by atoms with Crippen molar-refractivity contribution >= 4 is 15.9 Å². The summed E-state index contributed by atoms with van der Waals surface area (Å²) in [5, 5.41) is 8.28. The molecule has 0 bridgehead atoms. The van der Waals surface area contributed by atoms with Crippen molar-refractivity contribution in [3.63, 3.8) is 0 Å². The van der Waals surface area contributed by atoms with E-state index < -0.39 is 0 Å². The Kier molecular flexibility index (Phi) is 4.40. The maximum atomic E-state index is 4.71. The summed E-state index contributed by atoms with van der Waals surface area (Å²) in [5.74, 6) is 0.947. The van der Waals surface area contributed by atoms with Crippen LogP contribution in [0.25, 0.3) is 5.82 Å². The summed E-state index contributed by atoms with van der Waals surface area (Å²) in [5.41, 5.74) is 3.53. The van der Waals surface area contributed by atoms with Gasteiger partial charge in [0.05, 0.1) is 5.69 Å². The number of aryl methyl sites for hydroxylation is 2. The molecule has 2 aromatic rings. The van der Waals surface area contributed by atoms with Crippen LogP contribution in [0.3, 0.4) is 0 Å². The Bertz CT molecular complexity index is 631. The molecule has 21 heavy (non-hydrogen) atoms. The lowest BCUT2D eigenvalue weighted by Crippen LogP contribution is -2.18. The third-order valence-electron chi connectivity index (χ3n) is 3.83. The molecule has 4 nitrogen and oxygen atoms in total. The van der Waals surface area contributed by atoms with Crippen LogP contribution < -0.4 is 5.32 Å². The zero-order valence-corrected chi connectivity index (χ0v) is 14.2. The Hall–Kier alpha value is -1.20. The normalized spacial score (nSPS) is 14.6. The van der Waals surface area contributed by atoms with Crippen molar-refractivity contribution in [2.45, 2.75) is 52.1 Å². The number of hydrogen-bond acceptors (Lipinski definition) is 3. The van der Waals surface area contributed by atoms with Gasteiger partial charge in [0.15, 0.2) is 5.82 Å². The highest BCUT2D eigenvalue weighted by Gasteiger charge is 2.21. The molecule has 0 atom stereocenters. The molecule has 5 heteroatoms. The van der Waals surface area contributed by atoms with Crippen LogP contribution in [0.4, 0.5) is 0 Å². The molecule has 0 radical (unpaired) electrons. The van der Waals surface area contributed by atoms with Gasteiger partial charge in [0.25, 0.3) is 0 Å². The quantitative estimate of drug-likeness (QED) is 0.869. The van der Waals surface area contributed by atoms with Gasteiger partial charge in [0, 0.05) is 34.5 Å². The summed E-state index contributed by atoms with van der Waals surface area (Å²) < 4.78 is 3.02. The minimum absolute atomic E-state index is 0.686. The highest BCUT2D eigenvalue weighted by molar-refractivity contribution is 9.10. The highest BCUT2D eigenvalue weighted by Crippen LogP contribution is 2.23. The van der Waals surface area contributed by atoms with Gasteiger partial charge in [-0.1, -0.05) is 13.8 Å². The molecule has 1 fully saturated rings. The van der Waals surface area contributed by atoms with Crippen molar-refractivity contribution in [1.82, 2.24) is 20.1 Å².